The van der Waals surface area contributed by atoms with E-state index >= 15 is 0 Å². The standard InChI is InChI=1S/C19H20N2O5/c22-13-12-20(14-18(23)16-7-2-1-3-8-16)19(24)11-10-15-6-4-5-9-17(15)21(25)26/h1-11,18,22-23H,12-14H2. The van der Waals surface area contributed by atoms with Gasteiger partial charge in [-0.1, -0.05) is 42.5 Å². The van der Waals surface area contributed by atoms with Crippen LogP contribution in [0.15, 0.2) is 60.7 Å². The number of hydrogen-bond acceptors (Lipinski definition) is 5. The summed E-state index contributed by atoms with van der Waals surface area (Å²) in [5.74, 6) is -0.452. The number of aliphatic hydroxyl groups is 2. The zero-order chi connectivity index (χ0) is 18.9. The normalized spacial score (nSPS) is 12.1. The van der Waals surface area contributed by atoms with Gasteiger partial charge in [-0.05, 0) is 17.7 Å². The summed E-state index contributed by atoms with van der Waals surface area (Å²) in [5, 5.41) is 30.5. The first-order valence-corrected chi connectivity index (χ1v) is 8.07. The summed E-state index contributed by atoms with van der Waals surface area (Å²) in [5.41, 5.74) is 0.860. The summed E-state index contributed by atoms with van der Waals surface area (Å²) in [6.07, 6.45) is 1.67. The van der Waals surface area contributed by atoms with Gasteiger partial charge in [-0.2, -0.15) is 0 Å². The molecule has 0 radical (unpaired) electrons. The molecule has 2 rings (SSSR count). The first-order valence-electron chi connectivity index (χ1n) is 8.07. The maximum atomic E-state index is 12.4. The van der Waals surface area contributed by atoms with Gasteiger partial charge in [0.25, 0.3) is 5.69 Å². The second-order valence-electron chi connectivity index (χ2n) is 5.58. The highest BCUT2D eigenvalue weighted by Gasteiger charge is 2.17. The van der Waals surface area contributed by atoms with E-state index in [2.05, 4.69) is 0 Å². The van der Waals surface area contributed by atoms with Crippen LogP contribution >= 0.6 is 0 Å². The molecule has 0 saturated carbocycles. The molecule has 2 N–H and O–H groups in total. The molecule has 1 unspecified atom stereocenters. The minimum atomic E-state index is -0.897. The van der Waals surface area contributed by atoms with Crippen molar-refractivity contribution in [1.29, 1.82) is 0 Å². The van der Waals surface area contributed by atoms with Crippen molar-refractivity contribution < 1.29 is 19.9 Å². The molecular formula is C19H20N2O5. The Hall–Kier alpha value is -3.03. The number of rotatable bonds is 8. The molecule has 0 aliphatic heterocycles. The van der Waals surface area contributed by atoms with Crippen LogP contribution < -0.4 is 0 Å². The summed E-state index contributed by atoms with van der Waals surface area (Å²) < 4.78 is 0. The molecule has 0 heterocycles. The summed E-state index contributed by atoms with van der Waals surface area (Å²) in [4.78, 5) is 24.2. The third-order valence-corrected chi connectivity index (χ3v) is 3.80. The quantitative estimate of drug-likeness (QED) is 0.428. The molecule has 0 spiro atoms. The predicted molar refractivity (Wildman–Crippen MR) is 97.2 cm³/mol. The van der Waals surface area contributed by atoms with Crippen LogP contribution in [0.1, 0.15) is 17.2 Å². The van der Waals surface area contributed by atoms with Gasteiger partial charge in [0.05, 0.1) is 29.7 Å². The monoisotopic (exact) mass is 356 g/mol. The van der Waals surface area contributed by atoms with Crippen LogP contribution in [0.25, 0.3) is 6.08 Å². The molecule has 2 aromatic rings. The average molecular weight is 356 g/mol. The van der Waals surface area contributed by atoms with E-state index in [0.717, 1.165) is 0 Å². The summed E-state index contributed by atoms with van der Waals surface area (Å²) in [7, 11) is 0. The zero-order valence-corrected chi connectivity index (χ0v) is 14.1. The van der Waals surface area contributed by atoms with Gasteiger partial charge in [0, 0.05) is 18.7 Å². The van der Waals surface area contributed by atoms with Crippen LogP contribution in [0, 0.1) is 10.1 Å². The molecule has 7 heteroatoms. The van der Waals surface area contributed by atoms with Gasteiger partial charge in [0.15, 0.2) is 0 Å². The number of nitro benzene ring substituents is 1. The van der Waals surface area contributed by atoms with Gasteiger partial charge >= 0.3 is 0 Å². The molecule has 0 aromatic heterocycles. The summed E-state index contributed by atoms with van der Waals surface area (Å²) in [6, 6.07) is 15.0. The van der Waals surface area contributed by atoms with Crippen molar-refractivity contribution in [2.75, 3.05) is 19.7 Å². The van der Waals surface area contributed by atoms with E-state index in [4.69, 9.17) is 0 Å². The number of carbonyl (C=O) groups excluding carboxylic acids is 1. The minimum Gasteiger partial charge on any atom is -0.395 e. The molecule has 0 aliphatic rings. The topological polar surface area (TPSA) is 104 Å². The first kappa shape index (κ1) is 19.3. The largest absolute Gasteiger partial charge is 0.395 e. The van der Waals surface area contributed by atoms with Crippen molar-refractivity contribution in [3.8, 4) is 0 Å². The van der Waals surface area contributed by atoms with E-state index in [1.165, 1.54) is 29.2 Å². The van der Waals surface area contributed by atoms with Crippen LogP contribution in [0.4, 0.5) is 5.69 Å². The molecule has 0 fully saturated rings. The van der Waals surface area contributed by atoms with E-state index in [0.29, 0.717) is 11.1 Å². The highest BCUT2D eigenvalue weighted by Crippen LogP contribution is 2.19. The molecule has 26 heavy (non-hydrogen) atoms. The van der Waals surface area contributed by atoms with Gasteiger partial charge in [0.2, 0.25) is 5.91 Å². The van der Waals surface area contributed by atoms with Gasteiger partial charge in [-0.3, -0.25) is 14.9 Å². The fourth-order valence-electron chi connectivity index (χ4n) is 2.46. The van der Waals surface area contributed by atoms with Crippen LogP contribution in [0.5, 0.6) is 0 Å². The second kappa shape index (κ2) is 9.45. The number of aliphatic hydroxyl groups excluding tert-OH is 2. The fraction of sp³-hybridized carbons (Fsp3) is 0.211. The third-order valence-electron chi connectivity index (χ3n) is 3.80. The Kier molecular flexibility index (Phi) is 7.02. The van der Waals surface area contributed by atoms with Crippen molar-refractivity contribution in [3.05, 3.63) is 81.9 Å². The number of benzene rings is 2. The van der Waals surface area contributed by atoms with Crippen LogP contribution in [0.2, 0.25) is 0 Å². The van der Waals surface area contributed by atoms with Crippen LogP contribution in [0.3, 0.4) is 0 Å². The Balaban J connectivity index is 2.12. The van der Waals surface area contributed by atoms with Crippen molar-refractivity contribution in [3.63, 3.8) is 0 Å². The Morgan fingerprint density at radius 3 is 2.46 bits per heavy atom. The number of nitrogens with zero attached hydrogens (tertiary/aromatic N) is 2. The SMILES string of the molecule is O=C(C=Cc1ccccc1[N+](=O)[O-])N(CCO)CC(O)c1ccccc1. The molecule has 7 nitrogen and oxygen atoms in total. The lowest BCUT2D eigenvalue weighted by atomic mass is 10.1. The number of hydrogen-bond donors (Lipinski definition) is 2. The molecule has 0 bridgehead atoms. The highest BCUT2D eigenvalue weighted by molar-refractivity contribution is 5.92. The van der Waals surface area contributed by atoms with E-state index < -0.39 is 16.9 Å². The molecule has 0 aliphatic carbocycles. The number of amides is 1. The van der Waals surface area contributed by atoms with Crippen molar-refractivity contribution in [2.24, 2.45) is 0 Å². The van der Waals surface area contributed by atoms with E-state index in [1.54, 1.807) is 36.4 Å². The first-order chi connectivity index (χ1) is 12.5. The molecule has 0 saturated heterocycles. The molecule has 1 amide bonds. The van der Waals surface area contributed by atoms with Crippen molar-refractivity contribution in [1.82, 2.24) is 4.90 Å². The summed E-state index contributed by atoms with van der Waals surface area (Å²) >= 11 is 0. The van der Waals surface area contributed by atoms with Gasteiger partial charge in [0.1, 0.15) is 0 Å². The summed E-state index contributed by atoms with van der Waals surface area (Å²) in [6.45, 7) is -0.207. The minimum absolute atomic E-state index is 0.00459. The predicted octanol–water partition coefficient (Wildman–Crippen LogP) is 2.16. The zero-order valence-electron chi connectivity index (χ0n) is 14.1. The Bertz CT molecular complexity index is 777. The number of para-hydroxylation sites is 1. The fourth-order valence-corrected chi connectivity index (χ4v) is 2.46. The van der Waals surface area contributed by atoms with Gasteiger partial charge < -0.3 is 15.1 Å². The lowest BCUT2D eigenvalue weighted by Gasteiger charge is -2.23. The van der Waals surface area contributed by atoms with E-state index in [9.17, 15) is 25.1 Å². The Morgan fingerprint density at radius 2 is 1.81 bits per heavy atom. The Labute approximate surface area is 151 Å². The van der Waals surface area contributed by atoms with Gasteiger partial charge in [-0.15, -0.1) is 0 Å². The number of nitro groups is 1. The van der Waals surface area contributed by atoms with Crippen LogP contribution in [-0.2, 0) is 4.79 Å². The maximum absolute atomic E-state index is 12.4. The maximum Gasteiger partial charge on any atom is 0.276 e. The lowest BCUT2D eigenvalue weighted by molar-refractivity contribution is -0.385. The molecule has 1 atom stereocenters. The molecule has 2 aromatic carbocycles. The second-order valence-corrected chi connectivity index (χ2v) is 5.58. The van der Waals surface area contributed by atoms with Gasteiger partial charge in [-0.25, -0.2) is 0 Å². The smallest absolute Gasteiger partial charge is 0.276 e. The molecular weight excluding hydrogens is 336 g/mol. The number of carbonyl (C=O) groups is 1. The third kappa shape index (κ3) is 5.23. The molecule has 136 valence electrons. The van der Waals surface area contributed by atoms with E-state index in [1.807, 2.05) is 6.07 Å². The Morgan fingerprint density at radius 1 is 1.15 bits per heavy atom. The van der Waals surface area contributed by atoms with Crippen LogP contribution in [-0.4, -0.2) is 45.6 Å². The lowest BCUT2D eigenvalue weighted by Crippen LogP contribution is -2.35. The van der Waals surface area contributed by atoms with Crippen molar-refractivity contribution in [2.45, 2.75) is 6.10 Å². The highest BCUT2D eigenvalue weighted by atomic mass is 16.6. The van der Waals surface area contributed by atoms with E-state index in [-0.39, 0.29) is 25.4 Å². The van der Waals surface area contributed by atoms with Crippen molar-refractivity contribution >= 4 is 17.7 Å². The average Bonchev–Trinajstić information content (AvgIpc) is 2.66.